The molecule has 0 aliphatic carbocycles. The minimum absolute atomic E-state index is 0.0920. The number of hydrogen-bond acceptors (Lipinski definition) is 2. The molecule has 0 saturated carbocycles. The lowest BCUT2D eigenvalue weighted by atomic mass is 10.1. The van der Waals surface area contributed by atoms with Gasteiger partial charge in [-0.05, 0) is 23.6 Å². The zero-order valence-electron chi connectivity index (χ0n) is 10.3. The van der Waals surface area contributed by atoms with Crippen molar-refractivity contribution in [2.75, 3.05) is 7.05 Å². The maximum Gasteiger partial charge on any atom is 0.241 e. The first-order chi connectivity index (χ1) is 8.00. The van der Waals surface area contributed by atoms with Crippen LogP contribution in [0.2, 0.25) is 0 Å². The van der Waals surface area contributed by atoms with Gasteiger partial charge < -0.3 is 4.90 Å². The lowest BCUT2D eigenvalue weighted by Gasteiger charge is -2.19. The van der Waals surface area contributed by atoms with Gasteiger partial charge in [-0.15, -0.1) is 0 Å². The highest BCUT2D eigenvalue weighted by molar-refractivity contribution is 5.84. The van der Waals surface area contributed by atoms with E-state index in [1.807, 2.05) is 13.8 Å². The summed E-state index contributed by atoms with van der Waals surface area (Å²) in [5, 5.41) is 3.28. The second-order valence-corrected chi connectivity index (χ2v) is 4.79. The Morgan fingerprint density at radius 3 is 2.35 bits per heavy atom. The average Bonchev–Trinajstić information content (AvgIpc) is 2.58. The van der Waals surface area contributed by atoms with Crippen LogP contribution in [0.4, 0.5) is 4.39 Å². The standard InChI is InChI=1S/C13H17FN2O/c1-8(2)11-13(17)16(3)12(15-11)9-4-6-10(14)7-5-9/h4-8,11-12,15H,1-3H3. The fourth-order valence-corrected chi connectivity index (χ4v) is 2.14. The molecule has 92 valence electrons. The molecule has 1 aromatic rings. The summed E-state index contributed by atoms with van der Waals surface area (Å²) in [6, 6.07) is 6.09. The highest BCUT2D eigenvalue weighted by Crippen LogP contribution is 2.26. The van der Waals surface area contributed by atoms with E-state index in [2.05, 4.69) is 5.32 Å². The van der Waals surface area contributed by atoms with Crippen molar-refractivity contribution < 1.29 is 9.18 Å². The van der Waals surface area contributed by atoms with Crippen LogP contribution < -0.4 is 5.32 Å². The quantitative estimate of drug-likeness (QED) is 0.850. The zero-order valence-corrected chi connectivity index (χ0v) is 10.3. The van der Waals surface area contributed by atoms with E-state index in [0.29, 0.717) is 0 Å². The molecule has 2 rings (SSSR count). The summed E-state index contributed by atoms with van der Waals surface area (Å²) in [7, 11) is 1.77. The van der Waals surface area contributed by atoms with Crippen molar-refractivity contribution in [2.24, 2.45) is 5.92 Å². The Morgan fingerprint density at radius 1 is 1.29 bits per heavy atom. The smallest absolute Gasteiger partial charge is 0.241 e. The van der Waals surface area contributed by atoms with Gasteiger partial charge in [0.2, 0.25) is 5.91 Å². The molecule has 4 heteroatoms. The molecule has 17 heavy (non-hydrogen) atoms. The van der Waals surface area contributed by atoms with Gasteiger partial charge in [0.1, 0.15) is 12.0 Å². The number of carbonyl (C=O) groups excluding carboxylic acids is 1. The third-order valence-corrected chi connectivity index (χ3v) is 3.19. The van der Waals surface area contributed by atoms with Crippen molar-refractivity contribution >= 4 is 5.91 Å². The predicted octanol–water partition coefficient (Wildman–Crippen LogP) is 1.91. The number of amides is 1. The molecule has 1 heterocycles. The van der Waals surface area contributed by atoms with E-state index < -0.39 is 0 Å². The second-order valence-electron chi connectivity index (χ2n) is 4.79. The van der Waals surface area contributed by atoms with Gasteiger partial charge in [0.15, 0.2) is 0 Å². The van der Waals surface area contributed by atoms with Gasteiger partial charge in [0.05, 0.1) is 6.04 Å². The van der Waals surface area contributed by atoms with Gasteiger partial charge in [-0.1, -0.05) is 26.0 Å². The van der Waals surface area contributed by atoms with E-state index in [9.17, 15) is 9.18 Å². The van der Waals surface area contributed by atoms with Gasteiger partial charge >= 0.3 is 0 Å². The first kappa shape index (κ1) is 12.0. The van der Waals surface area contributed by atoms with Crippen LogP contribution in [-0.2, 0) is 4.79 Å². The summed E-state index contributed by atoms with van der Waals surface area (Å²) in [5.74, 6) is 0.0749. The minimum atomic E-state index is -0.263. The van der Waals surface area contributed by atoms with Crippen LogP contribution in [0, 0.1) is 11.7 Å². The minimum Gasteiger partial charge on any atom is -0.325 e. The lowest BCUT2D eigenvalue weighted by Crippen LogP contribution is -2.33. The third kappa shape index (κ3) is 2.17. The molecule has 1 amide bonds. The van der Waals surface area contributed by atoms with Crippen molar-refractivity contribution in [1.82, 2.24) is 10.2 Å². The number of benzene rings is 1. The molecular formula is C13H17FN2O. The van der Waals surface area contributed by atoms with Crippen molar-refractivity contribution in [2.45, 2.75) is 26.1 Å². The molecule has 1 saturated heterocycles. The number of nitrogens with one attached hydrogen (secondary N) is 1. The summed E-state index contributed by atoms with van der Waals surface area (Å²) in [6.45, 7) is 4.02. The van der Waals surface area contributed by atoms with E-state index in [1.165, 1.54) is 12.1 Å². The number of halogens is 1. The zero-order chi connectivity index (χ0) is 12.6. The summed E-state index contributed by atoms with van der Waals surface area (Å²) < 4.78 is 12.9. The van der Waals surface area contributed by atoms with E-state index in [-0.39, 0.29) is 29.8 Å². The SMILES string of the molecule is CC(C)C1NC(c2ccc(F)cc2)N(C)C1=O. The van der Waals surface area contributed by atoms with Crippen LogP contribution >= 0.6 is 0 Å². The van der Waals surface area contributed by atoms with Crippen LogP contribution in [0.15, 0.2) is 24.3 Å². The Labute approximate surface area is 101 Å². The average molecular weight is 236 g/mol. The summed E-state index contributed by atoms with van der Waals surface area (Å²) in [5.41, 5.74) is 0.908. The van der Waals surface area contributed by atoms with E-state index in [0.717, 1.165) is 5.56 Å². The fourth-order valence-electron chi connectivity index (χ4n) is 2.14. The monoisotopic (exact) mass is 236 g/mol. The van der Waals surface area contributed by atoms with Crippen LogP contribution in [0.1, 0.15) is 25.6 Å². The molecule has 0 bridgehead atoms. The van der Waals surface area contributed by atoms with Crippen molar-refractivity contribution in [3.8, 4) is 0 Å². The highest BCUT2D eigenvalue weighted by atomic mass is 19.1. The summed E-state index contributed by atoms with van der Waals surface area (Å²) in [4.78, 5) is 13.7. The first-order valence-corrected chi connectivity index (χ1v) is 5.79. The molecule has 1 N–H and O–H groups in total. The molecule has 1 aliphatic rings. The first-order valence-electron chi connectivity index (χ1n) is 5.79. The molecule has 2 atom stereocenters. The third-order valence-electron chi connectivity index (χ3n) is 3.19. The normalized spacial score (nSPS) is 24.8. The Morgan fingerprint density at radius 2 is 1.88 bits per heavy atom. The van der Waals surface area contributed by atoms with Gasteiger partial charge in [-0.3, -0.25) is 10.1 Å². The topological polar surface area (TPSA) is 32.3 Å². The molecule has 1 fully saturated rings. The number of hydrogen-bond donors (Lipinski definition) is 1. The molecular weight excluding hydrogens is 219 g/mol. The van der Waals surface area contributed by atoms with Gasteiger partial charge in [-0.25, -0.2) is 4.39 Å². The Bertz CT molecular complexity index is 416. The molecule has 1 aliphatic heterocycles. The molecule has 0 aromatic heterocycles. The molecule has 0 spiro atoms. The van der Waals surface area contributed by atoms with Crippen molar-refractivity contribution in [3.05, 3.63) is 35.6 Å². The highest BCUT2D eigenvalue weighted by Gasteiger charge is 2.38. The van der Waals surface area contributed by atoms with Gasteiger partial charge in [0, 0.05) is 7.05 Å². The van der Waals surface area contributed by atoms with Crippen LogP contribution in [0.5, 0.6) is 0 Å². The number of likely N-dealkylation sites (N-methyl/N-ethyl adjacent to an activating group) is 1. The van der Waals surface area contributed by atoms with E-state index in [4.69, 9.17) is 0 Å². The van der Waals surface area contributed by atoms with Gasteiger partial charge in [0.25, 0.3) is 0 Å². The fraction of sp³-hybridized carbons (Fsp3) is 0.462. The number of carbonyl (C=O) groups is 1. The Kier molecular flexibility index (Phi) is 3.15. The maximum absolute atomic E-state index is 12.9. The predicted molar refractivity (Wildman–Crippen MR) is 63.7 cm³/mol. The van der Waals surface area contributed by atoms with E-state index in [1.54, 1.807) is 24.1 Å². The lowest BCUT2D eigenvalue weighted by molar-refractivity contribution is -0.129. The largest absolute Gasteiger partial charge is 0.325 e. The maximum atomic E-state index is 12.9. The molecule has 1 aromatic carbocycles. The second kappa shape index (κ2) is 4.45. The molecule has 0 radical (unpaired) electrons. The van der Waals surface area contributed by atoms with Gasteiger partial charge in [-0.2, -0.15) is 0 Å². The van der Waals surface area contributed by atoms with Crippen molar-refractivity contribution in [1.29, 1.82) is 0 Å². The van der Waals surface area contributed by atoms with Crippen LogP contribution in [0.25, 0.3) is 0 Å². The van der Waals surface area contributed by atoms with Crippen molar-refractivity contribution in [3.63, 3.8) is 0 Å². The van der Waals surface area contributed by atoms with Crippen LogP contribution in [0.3, 0.4) is 0 Å². The molecule has 2 unspecified atom stereocenters. The van der Waals surface area contributed by atoms with E-state index >= 15 is 0 Å². The number of nitrogens with zero attached hydrogens (tertiary/aromatic N) is 1. The summed E-state index contributed by atoms with van der Waals surface area (Å²) in [6.07, 6.45) is -0.157. The Balaban J connectivity index is 2.23. The number of rotatable bonds is 2. The van der Waals surface area contributed by atoms with Crippen LogP contribution in [-0.4, -0.2) is 23.9 Å². The molecule has 3 nitrogen and oxygen atoms in total. The Hall–Kier alpha value is -1.42. The summed E-state index contributed by atoms with van der Waals surface area (Å²) >= 11 is 0.